The van der Waals surface area contributed by atoms with Gasteiger partial charge in [-0.25, -0.2) is 0 Å². The van der Waals surface area contributed by atoms with E-state index in [-0.39, 0.29) is 0 Å². The summed E-state index contributed by atoms with van der Waals surface area (Å²) in [5.41, 5.74) is 0. The van der Waals surface area contributed by atoms with E-state index in [9.17, 15) is 0 Å². The summed E-state index contributed by atoms with van der Waals surface area (Å²) in [7, 11) is -2.44. The molecule has 0 fully saturated rings. The van der Waals surface area contributed by atoms with Gasteiger partial charge in [0.15, 0.2) is 0 Å². The number of rotatable bonds is 2. The molecule has 0 unspecified atom stereocenters. The molecule has 4 heteroatoms. The fourth-order valence-corrected chi connectivity index (χ4v) is 20.1. The third-order valence-corrected chi connectivity index (χ3v) is 22.7. The number of hydrogen-bond acceptors (Lipinski definition) is 2. The fourth-order valence-electron chi connectivity index (χ4n) is 2.69. The number of thioether (sulfide) groups is 2. The molecule has 0 nitrogen and oxygen atoms in total. The lowest BCUT2D eigenvalue weighted by Crippen LogP contribution is -2.60. The van der Waals surface area contributed by atoms with Gasteiger partial charge >= 0.3 is 0 Å². The van der Waals surface area contributed by atoms with Crippen molar-refractivity contribution in [1.82, 2.24) is 0 Å². The zero-order chi connectivity index (χ0) is 12.9. The van der Waals surface area contributed by atoms with E-state index in [1.165, 1.54) is 9.79 Å². The van der Waals surface area contributed by atoms with Gasteiger partial charge in [0.25, 0.3) is 0 Å². The Kier molecular flexibility index (Phi) is 3.39. The molecular formula is C13H22S2Si2. The third-order valence-electron chi connectivity index (χ3n) is 3.33. The van der Waals surface area contributed by atoms with Gasteiger partial charge in [0, 0.05) is 9.79 Å². The second-order valence-corrected chi connectivity index (χ2v) is 22.0. The summed E-state index contributed by atoms with van der Waals surface area (Å²) >= 11 is 4.37. The number of benzene rings is 1. The first-order chi connectivity index (χ1) is 7.67. The summed E-state index contributed by atoms with van der Waals surface area (Å²) in [6.45, 7) is 15.2. The van der Waals surface area contributed by atoms with Gasteiger partial charge in [-0.15, -0.1) is 23.5 Å². The average molecular weight is 299 g/mol. The molecule has 2 rings (SSSR count). The Morgan fingerprint density at radius 3 is 1.41 bits per heavy atom. The van der Waals surface area contributed by atoms with Crippen LogP contribution in [0.5, 0.6) is 0 Å². The van der Waals surface area contributed by atoms with Crippen LogP contribution in [0.3, 0.4) is 0 Å². The second kappa shape index (κ2) is 4.18. The molecule has 0 saturated carbocycles. The van der Waals surface area contributed by atoms with Gasteiger partial charge in [-0.05, 0) is 12.1 Å². The van der Waals surface area contributed by atoms with E-state index in [4.69, 9.17) is 0 Å². The number of hydrogen-bond donors (Lipinski definition) is 0. The van der Waals surface area contributed by atoms with Crippen LogP contribution in [0.2, 0.25) is 39.3 Å². The monoisotopic (exact) mass is 298 g/mol. The van der Waals surface area contributed by atoms with E-state index in [0.717, 1.165) is 0 Å². The molecule has 0 radical (unpaired) electrons. The molecule has 1 heterocycles. The SMILES string of the molecule is C[Si](C)(C)C1([Si](C)(C)C)Sc2ccccc2S1. The minimum atomic E-state index is -1.22. The minimum absolute atomic E-state index is 0.490. The molecule has 0 amide bonds. The summed E-state index contributed by atoms with van der Waals surface area (Å²) in [6.07, 6.45) is 0. The normalized spacial score (nSPS) is 19.2. The van der Waals surface area contributed by atoms with Gasteiger partial charge in [-0.2, -0.15) is 0 Å². The van der Waals surface area contributed by atoms with Crippen LogP contribution in [0.25, 0.3) is 0 Å². The topological polar surface area (TPSA) is 0 Å². The van der Waals surface area contributed by atoms with Crippen molar-refractivity contribution < 1.29 is 0 Å². The molecule has 0 aliphatic carbocycles. The smallest absolute Gasteiger partial charge is 0.0723 e. The molecule has 0 bridgehead atoms. The van der Waals surface area contributed by atoms with Crippen LogP contribution in [0.15, 0.2) is 34.1 Å². The zero-order valence-corrected chi connectivity index (χ0v) is 15.3. The molecule has 0 spiro atoms. The molecule has 1 aromatic rings. The average Bonchev–Trinajstić information content (AvgIpc) is 2.55. The van der Waals surface area contributed by atoms with Crippen LogP contribution in [0.1, 0.15) is 0 Å². The van der Waals surface area contributed by atoms with Gasteiger partial charge in [0.1, 0.15) is 0 Å². The minimum Gasteiger partial charge on any atom is -0.114 e. The third kappa shape index (κ3) is 2.18. The predicted octanol–water partition coefficient (Wildman–Crippen LogP) is 5.34. The van der Waals surface area contributed by atoms with Crippen LogP contribution < -0.4 is 0 Å². The highest BCUT2D eigenvalue weighted by molar-refractivity contribution is 8.26. The van der Waals surface area contributed by atoms with Crippen LogP contribution in [0, 0.1) is 0 Å². The first kappa shape index (κ1) is 13.8. The van der Waals surface area contributed by atoms with Crippen molar-refractivity contribution in [3.63, 3.8) is 0 Å². The van der Waals surface area contributed by atoms with Gasteiger partial charge in [0.2, 0.25) is 0 Å². The number of fused-ring (bicyclic) bond motifs is 1. The Hall–Kier alpha value is 0.354. The molecule has 94 valence electrons. The molecule has 0 saturated heterocycles. The van der Waals surface area contributed by atoms with Crippen molar-refractivity contribution in [2.75, 3.05) is 0 Å². The Morgan fingerprint density at radius 2 is 1.12 bits per heavy atom. The van der Waals surface area contributed by atoms with E-state index in [1.54, 1.807) is 0 Å². The van der Waals surface area contributed by atoms with Crippen LogP contribution in [-0.2, 0) is 0 Å². The molecule has 0 atom stereocenters. The van der Waals surface area contributed by atoms with E-state index < -0.39 is 16.1 Å². The molecule has 17 heavy (non-hydrogen) atoms. The highest BCUT2D eigenvalue weighted by Gasteiger charge is 2.57. The maximum Gasteiger partial charge on any atom is 0.0723 e. The first-order valence-corrected chi connectivity index (χ1v) is 14.8. The van der Waals surface area contributed by atoms with Gasteiger partial charge in [-0.1, -0.05) is 51.4 Å². The predicted molar refractivity (Wildman–Crippen MR) is 87.6 cm³/mol. The van der Waals surface area contributed by atoms with Crippen molar-refractivity contribution in [2.24, 2.45) is 0 Å². The van der Waals surface area contributed by atoms with Crippen molar-refractivity contribution in [3.05, 3.63) is 24.3 Å². The van der Waals surface area contributed by atoms with Crippen molar-refractivity contribution >= 4 is 39.7 Å². The standard InChI is InChI=1S/C13H22S2Si2/c1-16(2,3)13(17(4,5)6)14-11-9-7-8-10-12(11)15-13/h7-10H,1-6H3. The Balaban J connectivity index is 2.50. The summed E-state index contributed by atoms with van der Waals surface area (Å²) < 4.78 is 0.490. The Morgan fingerprint density at radius 1 is 0.765 bits per heavy atom. The molecule has 1 aliphatic rings. The molecule has 1 aliphatic heterocycles. The Bertz CT molecular complexity index is 389. The molecule has 0 aromatic heterocycles. The maximum absolute atomic E-state index is 2.54. The van der Waals surface area contributed by atoms with Crippen LogP contribution in [0.4, 0.5) is 0 Å². The fraction of sp³-hybridized carbons (Fsp3) is 0.538. The Labute approximate surface area is 116 Å². The van der Waals surface area contributed by atoms with E-state index in [1.807, 2.05) is 0 Å². The van der Waals surface area contributed by atoms with E-state index in [0.29, 0.717) is 3.33 Å². The van der Waals surface area contributed by atoms with Crippen molar-refractivity contribution in [1.29, 1.82) is 0 Å². The van der Waals surface area contributed by atoms with Gasteiger partial charge in [-0.3, -0.25) is 0 Å². The summed E-state index contributed by atoms with van der Waals surface area (Å²) in [4.78, 5) is 3.03. The largest absolute Gasteiger partial charge is 0.114 e. The first-order valence-electron chi connectivity index (χ1n) is 6.14. The lowest BCUT2D eigenvalue weighted by atomic mass is 10.4. The maximum atomic E-state index is 2.54. The highest BCUT2D eigenvalue weighted by atomic mass is 32.2. The summed E-state index contributed by atoms with van der Waals surface area (Å²) in [5.74, 6) is 0. The van der Waals surface area contributed by atoms with Gasteiger partial charge < -0.3 is 0 Å². The highest BCUT2D eigenvalue weighted by Crippen LogP contribution is 2.63. The van der Waals surface area contributed by atoms with Crippen LogP contribution >= 0.6 is 23.5 Å². The lowest BCUT2D eigenvalue weighted by Gasteiger charge is -2.47. The summed E-state index contributed by atoms with van der Waals surface area (Å²) in [6, 6.07) is 8.96. The molecule has 0 N–H and O–H groups in total. The zero-order valence-electron chi connectivity index (χ0n) is 11.6. The van der Waals surface area contributed by atoms with E-state index in [2.05, 4.69) is 87.1 Å². The van der Waals surface area contributed by atoms with Gasteiger partial charge in [0.05, 0.1) is 19.5 Å². The second-order valence-electron chi connectivity index (χ2n) is 6.77. The summed E-state index contributed by atoms with van der Waals surface area (Å²) in [5, 5.41) is 0. The lowest BCUT2D eigenvalue weighted by molar-refractivity contribution is 1.27. The quantitative estimate of drug-likeness (QED) is 0.676. The van der Waals surface area contributed by atoms with Crippen molar-refractivity contribution in [2.45, 2.75) is 52.4 Å². The molecular weight excluding hydrogens is 276 g/mol. The van der Waals surface area contributed by atoms with Crippen LogP contribution in [-0.4, -0.2) is 19.5 Å². The molecule has 1 aromatic carbocycles. The van der Waals surface area contributed by atoms with E-state index >= 15 is 0 Å². The van der Waals surface area contributed by atoms with Crippen molar-refractivity contribution in [3.8, 4) is 0 Å².